The quantitative estimate of drug-likeness (QED) is 0.855. The third-order valence-electron chi connectivity index (χ3n) is 4.91. The minimum absolute atomic E-state index is 0. The second-order valence-corrected chi connectivity index (χ2v) is 7.37. The SMILES string of the molecule is Cl.O=C(c1cccs1)N1CCN(C(=O)c2cccc3c2CCCN3)CC1. The van der Waals surface area contributed by atoms with Crippen LogP contribution in [-0.2, 0) is 6.42 Å². The lowest BCUT2D eigenvalue weighted by Gasteiger charge is -2.35. The first-order valence-electron chi connectivity index (χ1n) is 8.72. The summed E-state index contributed by atoms with van der Waals surface area (Å²) in [6.07, 6.45) is 2.00. The van der Waals surface area contributed by atoms with Crippen LogP contribution >= 0.6 is 23.7 Å². The van der Waals surface area contributed by atoms with Crippen molar-refractivity contribution in [2.24, 2.45) is 0 Å². The number of anilines is 1. The molecule has 2 aliphatic heterocycles. The van der Waals surface area contributed by atoms with Crippen molar-refractivity contribution in [2.45, 2.75) is 12.8 Å². The largest absolute Gasteiger partial charge is 0.385 e. The Morgan fingerprint density at radius 1 is 0.962 bits per heavy atom. The molecule has 138 valence electrons. The third-order valence-corrected chi connectivity index (χ3v) is 5.77. The first-order valence-corrected chi connectivity index (χ1v) is 9.60. The number of carbonyl (C=O) groups excluding carboxylic acids is 2. The van der Waals surface area contributed by atoms with E-state index < -0.39 is 0 Å². The molecule has 3 heterocycles. The maximum Gasteiger partial charge on any atom is 0.264 e. The Kier molecular flexibility index (Phi) is 5.84. The molecule has 7 heteroatoms. The summed E-state index contributed by atoms with van der Waals surface area (Å²) >= 11 is 1.47. The molecule has 1 saturated heterocycles. The van der Waals surface area contributed by atoms with Crippen LogP contribution in [0.3, 0.4) is 0 Å². The maximum atomic E-state index is 13.0. The molecule has 0 spiro atoms. The number of rotatable bonds is 2. The van der Waals surface area contributed by atoms with E-state index in [1.54, 1.807) is 0 Å². The Morgan fingerprint density at radius 2 is 1.69 bits per heavy atom. The van der Waals surface area contributed by atoms with Crippen molar-refractivity contribution in [2.75, 3.05) is 38.0 Å². The summed E-state index contributed by atoms with van der Waals surface area (Å²) in [5.41, 5.74) is 3.03. The monoisotopic (exact) mass is 391 g/mol. The molecule has 2 aliphatic rings. The molecule has 0 unspecified atom stereocenters. The van der Waals surface area contributed by atoms with E-state index in [2.05, 4.69) is 5.32 Å². The van der Waals surface area contributed by atoms with Gasteiger partial charge in [0.1, 0.15) is 0 Å². The number of halogens is 1. The fourth-order valence-electron chi connectivity index (χ4n) is 3.55. The predicted octanol–water partition coefficient (Wildman–Crippen LogP) is 3.13. The van der Waals surface area contributed by atoms with Crippen LogP contribution in [0.5, 0.6) is 0 Å². The standard InChI is InChI=1S/C19H21N3O2S.ClH/c23-18(15-4-1-6-16-14(15)5-2-8-20-16)21-9-11-22(12-10-21)19(24)17-7-3-13-25-17;/h1,3-4,6-7,13,20H,2,5,8-12H2;1H. The summed E-state index contributed by atoms with van der Waals surface area (Å²) < 4.78 is 0. The number of carbonyl (C=O) groups is 2. The molecule has 2 amide bonds. The highest BCUT2D eigenvalue weighted by molar-refractivity contribution is 7.12. The van der Waals surface area contributed by atoms with Gasteiger partial charge < -0.3 is 15.1 Å². The van der Waals surface area contributed by atoms with Gasteiger partial charge in [0.2, 0.25) is 0 Å². The summed E-state index contributed by atoms with van der Waals surface area (Å²) in [6.45, 7) is 3.33. The Bertz CT molecular complexity index is 786. The number of nitrogens with one attached hydrogen (secondary N) is 1. The number of hydrogen-bond acceptors (Lipinski definition) is 4. The molecule has 1 aromatic heterocycles. The molecule has 0 radical (unpaired) electrons. The number of thiophene rings is 1. The van der Waals surface area contributed by atoms with E-state index in [9.17, 15) is 9.59 Å². The van der Waals surface area contributed by atoms with Crippen LogP contribution in [0.1, 0.15) is 32.0 Å². The molecule has 26 heavy (non-hydrogen) atoms. The van der Waals surface area contributed by atoms with Crippen molar-refractivity contribution >= 4 is 41.2 Å². The first kappa shape index (κ1) is 18.7. The Labute approximate surface area is 163 Å². The van der Waals surface area contributed by atoms with Gasteiger partial charge in [0.05, 0.1) is 4.88 Å². The van der Waals surface area contributed by atoms with Gasteiger partial charge in [-0.05, 0) is 42.0 Å². The van der Waals surface area contributed by atoms with Gasteiger partial charge in [0.25, 0.3) is 11.8 Å². The number of fused-ring (bicyclic) bond motifs is 1. The molecule has 1 fully saturated rings. The minimum atomic E-state index is 0. The molecule has 1 N–H and O–H groups in total. The average molecular weight is 392 g/mol. The average Bonchev–Trinajstić information content (AvgIpc) is 3.21. The fourth-order valence-corrected chi connectivity index (χ4v) is 4.24. The number of piperazine rings is 1. The summed E-state index contributed by atoms with van der Waals surface area (Å²) in [4.78, 5) is 29.9. The van der Waals surface area contributed by atoms with Crippen LogP contribution < -0.4 is 5.32 Å². The van der Waals surface area contributed by atoms with Crippen molar-refractivity contribution in [1.82, 2.24) is 9.80 Å². The third kappa shape index (κ3) is 3.57. The molecular weight excluding hydrogens is 370 g/mol. The molecular formula is C19H22ClN3O2S. The van der Waals surface area contributed by atoms with Crippen molar-refractivity contribution in [3.8, 4) is 0 Å². The summed E-state index contributed by atoms with van der Waals surface area (Å²) in [6, 6.07) is 9.67. The molecule has 0 atom stereocenters. The summed E-state index contributed by atoms with van der Waals surface area (Å²) in [7, 11) is 0. The van der Waals surface area contributed by atoms with Crippen LogP contribution in [0.25, 0.3) is 0 Å². The van der Waals surface area contributed by atoms with Crippen LogP contribution in [0, 0.1) is 0 Å². The highest BCUT2D eigenvalue weighted by Gasteiger charge is 2.27. The molecule has 2 aromatic rings. The minimum Gasteiger partial charge on any atom is -0.385 e. The van der Waals surface area contributed by atoms with E-state index in [0.717, 1.165) is 41.1 Å². The van der Waals surface area contributed by atoms with E-state index in [0.29, 0.717) is 26.2 Å². The van der Waals surface area contributed by atoms with Gasteiger partial charge in [-0.25, -0.2) is 0 Å². The van der Waals surface area contributed by atoms with Gasteiger partial charge in [-0.1, -0.05) is 12.1 Å². The highest BCUT2D eigenvalue weighted by Crippen LogP contribution is 2.26. The maximum absolute atomic E-state index is 13.0. The smallest absolute Gasteiger partial charge is 0.264 e. The number of hydrogen-bond donors (Lipinski definition) is 1. The van der Waals surface area contributed by atoms with E-state index in [1.165, 1.54) is 11.3 Å². The van der Waals surface area contributed by atoms with Gasteiger partial charge in [-0.15, -0.1) is 23.7 Å². The Morgan fingerprint density at radius 3 is 2.38 bits per heavy atom. The van der Waals surface area contributed by atoms with Crippen LogP contribution in [0.2, 0.25) is 0 Å². The first-order chi connectivity index (χ1) is 12.2. The van der Waals surface area contributed by atoms with E-state index in [1.807, 2.05) is 45.5 Å². The van der Waals surface area contributed by atoms with Gasteiger partial charge in [-0.2, -0.15) is 0 Å². The lowest BCUT2D eigenvalue weighted by molar-refractivity contribution is 0.0537. The predicted molar refractivity (Wildman–Crippen MR) is 107 cm³/mol. The second-order valence-electron chi connectivity index (χ2n) is 6.42. The zero-order chi connectivity index (χ0) is 17.2. The topological polar surface area (TPSA) is 52.7 Å². The highest BCUT2D eigenvalue weighted by atomic mass is 35.5. The van der Waals surface area contributed by atoms with Crippen molar-refractivity contribution < 1.29 is 9.59 Å². The molecule has 0 saturated carbocycles. The van der Waals surface area contributed by atoms with E-state index >= 15 is 0 Å². The molecule has 0 bridgehead atoms. The van der Waals surface area contributed by atoms with Crippen molar-refractivity contribution in [3.63, 3.8) is 0 Å². The second kappa shape index (κ2) is 8.10. The molecule has 5 nitrogen and oxygen atoms in total. The fraction of sp³-hybridized carbons (Fsp3) is 0.368. The van der Waals surface area contributed by atoms with Crippen molar-refractivity contribution in [3.05, 3.63) is 51.7 Å². The zero-order valence-corrected chi connectivity index (χ0v) is 16.1. The van der Waals surface area contributed by atoms with Crippen LogP contribution in [0.15, 0.2) is 35.7 Å². The van der Waals surface area contributed by atoms with Crippen LogP contribution in [-0.4, -0.2) is 54.3 Å². The van der Waals surface area contributed by atoms with Gasteiger partial charge >= 0.3 is 0 Å². The Hall–Kier alpha value is -2.05. The zero-order valence-electron chi connectivity index (χ0n) is 14.4. The van der Waals surface area contributed by atoms with Gasteiger partial charge in [0, 0.05) is 44.0 Å². The summed E-state index contributed by atoms with van der Waals surface area (Å²) in [5, 5.41) is 5.29. The number of amides is 2. The van der Waals surface area contributed by atoms with Gasteiger partial charge in [-0.3, -0.25) is 9.59 Å². The normalized spacial score (nSPS) is 16.3. The number of benzene rings is 1. The van der Waals surface area contributed by atoms with Crippen molar-refractivity contribution in [1.29, 1.82) is 0 Å². The van der Waals surface area contributed by atoms with Gasteiger partial charge in [0.15, 0.2) is 0 Å². The lowest BCUT2D eigenvalue weighted by Crippen LogP contribution is -2.50. The summed E-state index contributed by atoms with van der Waals surface area (Å²) in [5.74, 6) is 0.159. The number of nitrogens with zero attached hydrogens (tertiary/aromatic N) is 2. The molecule has 4 rings (SSSR count). The van der Waals surface area contributed by atoms with E-state index in [-0.39, 0.29) is 24.2 Å². The molecule has 0 aliphatic carbocycles. The van der Waals surface area contributed by atoms with E-state index in [4.69, 9.17) is 0 Å². The van der Waals surface area contributed by atoms with Crippen LogP contribution in [0.4, 0.5) is 5.69 Å². The lowest BCUT2D eigenvalue weighted by atomic mass is 9.96. The molecule has 1 aromatic carbocycles. The Balaban J connectivity index is 0.00000196.